The second kappa shape index (κ2) is 3.72. The molecule has 3 nitrogen and oxygen atoms in total. The fraction of sp³-hybridized carbons (Fsp3) is 0. The Morgan fingerprint density at radius 2 is 1.94 bits per heavy atom. The van der Waals surface area contributed by atoms with E-state index < -0.39 is 0 Å². The second-order valence-corrected chi connectivity index (χ2v) is 4.25. The fourth-order valence-electron chi connectivity index (χ4n) is 1.69. The van der Waals surface area contributed by atoms with Crippen LogP contribution in [0.15, 0.2) is 53.5 Å². The lowest BCUT2D eigenvalue weighted by Crippen LogP contribution is -1.92. The monoisotopic (exact) mass is 273 g/mol. The molecule has 0 atom stereocenters. The van der Waals surface area contributed by atoms with Crippen LogP contribution in [0.1, 0.15) is 0 Å². The molecule has 78 valence electrons. The van der Waals surface area contributed by atoms with Crippen LogP contribution >= 0.6 is 15.9 Å². The Morgan fingerprint density at radius 3 is 2.75 bits per heavy atom. The number of fused-ring (bicyclic) bond motifs is 1. The zero-order chi connectivity index (χ0) is 11.0. The van der Waals surface area contributed by atoms with Crippen LogP contribution in [0.3, 0.4) is 0 Å². The molecule has 0 fully saturated rings. The molecular weight excluding hydrogens is 266 g/mol. The van der Waals surface area contributed by atoms with Crippen molar-refractivity contribution in [3.05, 3.63) is 53.5 Å². The third-order valence-corrected chi connectivity index (χ3v) is 2.77. The van der Waals surface area contributed by atoms with Crippen LogP contribution in [0, 0.1) is 0 Å². The van der Waals surface area contributed by atoms with E-state index in [4.69, 9.17) is 0 Å². The molecule has 0 spiro atoms. The third-order valence-electron chi connectivity index (χ3n) is 2.39. The molecular formula is C12H8BrN3. The van der Waals surface area contributed by atoms with E-state index in [0.29, 0.717) is 0 Å². The summed E-state index contributed by atoms with van der Waals surface area (Å²) in [6.07, 6.45) is 5.58. The summed E-state index contributed by atoms with van der Waals surface area (Å²) in [5, 5.41) is 0. The number of rotatable bonds is 1. The minimum atomic E-state index is 0.803. The SMILES string of the molecule is Brc1cn2ccnc2c(-c2ccccc2)n1. The molecule has 0 aliphatic carbocycles. The molecule has 0 saturated carbocycles. The first-order valence-electron chi connectivity index (χ1n) is 4.89. The molecule has 0 amide bonds. The van der Waals surface area contributed by atoms with Crippen molar-refractivity contribution in [1.29, 1.82) is 0 Å². The number of halogens is 1. The highest BCUT2D eigenvalue weighted by atomic mass is 79.9. The molecule has 0 N–H and O–H groups in total. The zero-order valence-corrected chi connectivity index (χ0v) is 9.92. The summed E-state index contributed by atoms with van der Waals surface area (Å²) < 4.78 is 2.76. The van der Waals surface area contributed by atoms with Gasteiger partial charge in [-0.05, 0) is 15.9 Å². The topological polar surface area (TPSA) is 30.2 Å². The summed E-state index contributed by atoms with van der Waals surface area (Å²) in [4.78, 5) is 8.79. The third kappa shape index (κ3) is 1.51. The van der Waals surface area contributed by atoms with Gasteiger partial charge in [-0.1, -0.05) is 30.3 Å². The van der Waals surface area contributed by atoms with Gasteiger partial charge in [0.25, 0.3) is 0 Å². The van der Waals surface area contributed by atoms with Crippen LogP contribution in [0.4, 0.5) is 0 Å². The van der Waals surface area contributed by atoms with Crippen molar-refractivity contribution in [1.82, 2.24) is 14.4 Å². The van der Waals surface area contributed by atoms with E-state index in [-0.39, 0.29) is 0 Å². The maximum atomic E-state index is 4.48. The number of benzene rings is 1. The van der Waals surface area contributed by atoms with Crippen LogP contribution in [-0.2, 0) is 0 Å². The summed E-state index contributed by atoms with van der Waals surface area (Å²) in [5.41, 5.74) is 2.83. The summed E-state index contributed by atoms with van der Waals surface area (Å²) in [5.74, 6) is 0. The Balaban J connectivity index is 2.34. The highest BCUT2D eigenvalue weighted by Crippen LogP contribution is 2.23. The summed E-state index contributed by atoms with van der Waals surface area (Å²) in [6.45, 7) is 0. The molecule has 3 rings (SSSR count). The average molecular weight is 274 g/mol. The van der Waals surface area contributed by atoms with Crippen LogP contribution in [0.5, 0.6) is 0 Å². The van der Waals surface area contributed by atoms with Crippen LogP contribution in [0.2, 0.25) is 0 Å². The van der Waals surface area contributed by atoms with E-state index in [2.05, 4.69) is 25.9 Å². The zero-order valence-electron chi connectivity index (χ0n) is 8.34. The van der Waals surface area contributed by atoms with Crippen molar-refractivity contribution in [3.63, 3.8) is 0 Å². The van der Waals surface area contributed by atoms with Gasteiger partial charge in [0.2, 0.25) is 0 Å². The lowest BCUT2D eigenvalue weighted by Gasteiger charge is -2.03. The van der Waals surface area contributed by atoms with Gasteiger partial charge >= 0.3 is 0 Å². The van der Waals surface area contributed by atoms with Gasteiger partial charge in [0, 0.05) is 24.2 Å². The molecule has 0 unspecified atom stereocenters. The van der Waals surface area contributed by atoms with Gasteiger partial charge in [0.1, 0.15) is 10.3 Å². The first-order valence-corrected chi connectivity index (χ1v) is 5.68. The quantitative estimate of drug-likeness (QED) is 0.682. The van der Waals surface area contributed by atoms with Crippen molar-refractivity contribution in [2.24, 2.45) is 0 Å². The van der Waals surface area contributed by atoms with Crippen molar-refractivity contribution < 1.29 is 0 Å². The molecule has 1 aromatic carbocycles. The summed E-state index contributed by atoms with van der Waals surface area (Å²) in [7, 11) is 0. The van der Waals surface area contributed by atoms with E-state index in [0.717, 1.165) is 21.5 Å². The molecule has 3 aromatic rings. The molecule has 2 aromatic heterocycles. The molecule has 16 heavy (non-hydrogen) atoms. The van der Waals surface area contributed by atoms with Crippen molar-refractivity contribution in [2.75, 3.05) is 0 Å². The van der Waals surface area contributed by atoms with E-state index in [9.17, 15) is 0 Å². The molecule has 4 heteroatoms. The number of hydrogen-bond donors (Lipinski definition) is 0. The predicted molar refractivity (Wildman–Crippen MR) is 66.1 cm³/mol. The lowest BCUT2D eigenvalue weighted by molar-refractivity contribution is 1.11. The van der Waals surface area contributed by atoms with Crippen molar-refractivity contribution in [2.45, 2.75) is 0 Å². The van der Waals surface area contributed by atoms with Crippen LogP contribution in [0.25, 0.3) is 16.9 Å². The number of nitrogens with zero attached hydrogens (tertiary/aromatic N) is 3. The van der Waals surface area contributed by atoms with E-state index >= 15 is 0 Å². The molecule has 0 radical (unpaired) electrons. The number of aromatic nitrogens is 3. The molecule has 0 aliphatic heterocycles. The Hall–Kier alpha value is -1.68. The van der Waals surface area contributed by atoms with E-state index in [1.165, 1.54) is 0 Å². The van der Waals surface area contributed by atoms with Gasteiger partial charge in [0.15, 0.2) is 5.65 Å². The first kappa shape index (κ1) is 9.54. The first-order chi connectivity index (χ1) is 7.84. The van der Waals surface area contributed by atoms with Crippen LogP contribution < -0.4 is 0 Å². The molecule has 2 heterocycles. The van der Waals surface area contributed by atoms with Gasteiger partial charge in [0.05, 0.1) is 0 Å². The van der Waals surface area contributed by atoms with Crippen molar-refractivity contribution in [3.8, 4) is 11.3 Å². The molecule has 0 aliphatic rings. The smallest absolute Gasteiger partial charge is 0.163 e. The Morgan fingerprint density at radius 1 is 1.12 bits per heavy atom. The maximum Gasteiger partial charge on any atom is 0.163 e. The maximum absolute atomic E-state index is 4.48. The highest BCUT2D eigenvalue weighted by molar-refractivity contribution is 9.10. The van der Waals surface area contributed by atoms with Gasteiger partial charge < -0.3 is 4.40 Å². The summed E-state index contributed by atoms with van der Waals surface area (Å²) in [6, 6.07) is 10.0. The minimum absolute atomic E-state index is 0.803. The van der Waals surface area contributed by atoms with E-state index in [1.807, 2.05) is 47.1 Å². The number of hydrogen-bond acceptors (Lipinski definition) is 2. The van der Waals surface area contributed by atoms with Crippen LogP contribution in [-0.4, -0.2) is 14.4 Å². The van der Waals surface area contributed by atoms with Crippen molar-refractivity contribution >= 4 is 21.6 Å². The number of imidazole rings is 1. The second-order valence-electron chi connectivity index (χ2n) is 3.44. The Labute approximate surface area is 101 Å². The standard InChI is InChI=1S/C12H8BrN3/c13-10-8-16-7-6-14-12(16)11(15-10)9-4-2-1-3-5-9/h1-8H. The molecule has 0 saturated heterocycles. The van der Waals surface area contributed by atoms with Gasteiger partial charge in [-0.3, -0.25) is 0 Å². The summed E-state index contributed by atoms with van der Waals surface area (Å²) >= 11 is 3.41. The molecule has 0 bridgehead atoms. The Kier molecular flexibility index (Phi) is 2.22. The van der Waals surface area contributed by atoms with Gasteiger partial charge in [-0.15, -0.1) is 0 Å². The predicted octanol–water partition coefficient (Wildman–Crippen LogP) is 3.16. The van der Waals surface area contributed by atoms with Gasteiger partial charge in [-0.25, -0.2) is 9.97 Å². The van der Waals surface area contributed by atoms with E-state index in [1.54, 1.807) is 6.20 Å². The van der Waals surface area contributed by atoms with Gasteiger partial charge in [-0.2, -0.15) is 0 Å². The fourth-order valence-corrected chi connectivity index (χ4v) is 2.09. The lowest BCUT2D eigenvalue weighted by atomic mass is 10.1. The minimum Gasteiger partial charge on any atom is -0.303 e. The highest BCUT2D eigenvalue weighted by Gasteiger charge is 2.07. The largest absolute Gasteiger partial charge is 0.303 e. The Bertz CT molecular complexity index is 631. The average Bonchev–Trinajstić information content (AvgIpc) is 2.77. The normalized spacial score (nSPS) is 10.8.